The fraction of sp³-hybridized carbons (Fsp3) is 0.261. The smallest absolute Gasteiger partial charge is 0.342 e. The highest BCUT2D eigenvalue weighted by Gasteiger charge is 2.34. The minimum absolute atomic E-state index is 0.211. The van der Waals surface area contributed by atoms with Crippen molar-refractivity contribution in [1.82, 2.24) is 5.48 Å². The van der Waals surface area contributed by atoms with Gasteiger partial charge in [-0.15, -0.1) is 0 Å². The van der Waals surface area contributed by atoms with Crippen LogP contribution in [0.4, 0.5) is 4.39 Å². The summed E-state index contributed by atoms with van der Waals surface area (Å²) in [6, 6.07) is 9.29. The van der Waals surface area contributed by atoms with E-state index in [2.05, 4.69) is 5.48 Å². The number of methoxy groups -OCH3 is 1. The van der Waals surface area contributed by atoms with Gasteiger partial charge in [0.15, 0.2) is 0 Å². The molecule has 0 radical (unpaired) electrons. The maximum absolute atomic E-state index is 13.4. The molecular formula is C23H20FNO6. The molecule has 0 saturated carbocycles. The molecule has 3 heterocycles. The number of carbonyl (C=O) groups excluding carboxylic acids is 1. The van der Waals surface area contributed by atoms with Crippen molar-refractivity contribution < 1.29 is 32.7 Å². The molecule has 1 saturated heterocycles. The number of esters is 1. The summed E-state index contributed by atoms with van der Waals surface area (Å²) in [5.74, 6) is -0.0572. The van der Waals surface area contributed by atoms with Crippen LogP contribution < -0.4 is 10.2 Å². The first-order valence-electron chi connectivity index (χ1n) is 9.95. The third-order valence-electron chi connectivity index (χ3n) is 5.38. The quantitative estimate of drug-likeness (QED) is 0.607. The van der Waals surface area contributed by atoms with Crippen LogP contribution >= 0.6 is 0 Å². The predicted molar refractivity (Wildman–Crippen MR) is 110 cm³/mol. The summed E-state index contributed by atoms with van der Waals surface area (Å²) in [4.78, 5) is 18.3. The summed E-state index contributed by atoms with van der Waals surface area (Å²) in [6.07, 6.45) is 0.318. The molecule has 160 valence electrons. The molecule has 1 unspecified atom stereocenters. The standard InChI is InChI=1S/C23H20FNO6/c1-3-28-22(26)19-15-10-17(27-2)16(20-14-8-9-29-23(14)31-25-20)11-18(15)30-21(19)12-4-6-13(24)7-5-12/h4-7,10-11,23,25H,3,8-9H2,1-2H3. The van der Waals surface area contributed by atoms with Crippen molar-refractivity contribution >= 4 is 22.6 Å². The lowest BCUT2D eigenvalue weighted by Gasteiger charge is -2.11. The highest BCUT2D eigenvalue weighted by molar-refractivity contribution is 6.09. The zero-order chi connectivity index (χ0) is 21.5. The van der Waals surface area contributed by atoms with Crippen LogP contribution in [-0.4, -0.2) is 32.6 Å². The van der Waals surface area contributed by atoms with Crippen molar-refractivity contribution in [2.45, 2.75) is 19.6 Å². The second-order valence-corrected chi connectivity index (χ2v) is 7.16. The number of furan rings is 1. The zero-order valence-electron chi connectivity index (χ0n) is 17.0. The van der Waals surface area contributed by atoms with Crippen LogP contribution in [-0.2, 0) is 14.3 Å². The topological polar surface area (TPSA) is 79.2 Å². The van der Waals surface area contributed by atoms with E-state index < -0.39 is 12.3 Å². The molecule has 31 heavy (non-hydrogen) atoms. The van der Waals surface area contributed by atoms with Crippen LogP contribution in [0.25, 0.3) is 28.0 Å². The minimum atomic E-state index is -0.524. The van der Waals surface area contributed by atoms with E-state index in [0.29, 0.717) is 34.6 Å². The van der Waals surface area contributed by atoms with Gasteiger partial charge in [0.25, 0.3) is 0 Å². The van der Waals surface area contributed by atoms with Crippen molar-refractivity contribution in [3.63, 3.8) is 0 Å². The molecule has 7 nitrogen and oxygen atoms in total. The molecule has 2 aromatic carbocycles. The molecule has 3 aromatic rings. The van der Waals surface area contributed by atoms with E-state index in [9.17, 15) is 9.18 Å². The number of nitrogens with one attached hydrogen (secondary N) is 1. The molecule has 8 heteroatoms. The molecule has 5 rings (SSSR count). The average molecular weight is 425 g/mol. The van der Waals surface area contributed by atoms with Gasteiger partial charge >= 0.3 is 5.97 Å². The van der Waals surface area contributed by atoms with Crippen molar-refractivity contribution in [3.8, 4) is 17.1 Å². The number of hydroxylamine groups is 1. The number of hydrogen-bond donors (Lipinski definition) is 1. The molecule has 0 amide bonds. The third-order valence-corrected chi connectivity index (χ3v) is 5.38. The normalized spacial score (nSPS) is 17.7. The van der Waals surface area contributed by atoms with E-state index in [1.807, 2.05) is 0 Å². The molecule has 1 N–H and O–H groups in total. The Bertz CT molecular complexity index is 1200. The largest absolute Gasteiger partial charge is 0.496 e. The molecule has 1 atom stereocenters. The summed E-state index contributed by atoms with van der Waals surface area (Å²) in [7, 11) is 1.55. The maximum Gasteiger partial charge on any atom is 0.342 e. The van der Waals surface area contributed by atoms with Crippen molar-refractivity contribution in [2.75, 3.05) is 20.3 Å². The van der Waals surface area contributed by atoms with Crippen LogP contribution in [0, 0.1) is 5.82 Å². The summed E-state index contributed by atoms with van der Waals surface area (Å²) < 4.78 is 36.0. The summed E-state index contributed by atoms with van der Waals surface area (Å²) >= 11 is 0. The number of hydrogen-bond acceptors (Lipinski definition) is 7. The lowest BCUT2D eigenvalue weighted by Crippen LogP contribution is -2.13. The Morgan fingerprint density at radius 3 is 2.81 bits per heavy atom. The Labute approximate surface area is 177 Å². The molecule has 0 spiro atoms. The third kappa shape index (κ3) is 3.24. The maximum atomic E-state index is 13.4. The molecule has 1 fully saturated rings. The minimum Gasteiger partial charge on any atom is -0.496 e. The SMILES string of the molecule is CCOC(=O)c1c(-c2ccc(F)cc2)oc2cc(C3=C4CCOC4ON3)c(OC)cc12. The van der Waals surface area contributed by atoms with Crippen LogP contribution in [0.15, 0.2) is 46.4 Å². The number of benzene rings is 2. The number of ether oxygens (including phenoxy) is 3. The van der Waals surface area contributed by atoms with Gasteiger partial charge in [0.2, 0.25) is 6.29 Å². The zero-order valence-corrected chi connectivity index (χ0v) is 17.0. The molecule has 1 aromatic heterocycles. The molecular weight excluding hydrogens is 405 g/mol. The second kappa shape index (κ2) is 7.72. The number of rotatable bonds is 5. The fourth-order valence-corrected chi connectivity index (χ4v) is 3.95. The highest BCUT2D eigenvalue weighted by atomic mass is 19.1. The van der Waals surface area contributed by atoms with Gasteiger partial charge in [-0.3, -0.25) is 5.48 Å². The fourth-order valence-electron chi connectivity index (χ4n) is 3.95. The van der Waals surface area contributed by atoms with E-state index in [1.54, 1.807) is 38.3 Å². The first-order chi connectivity index (χ1) is 15.1. The van der Waals surface area contributed by atoms with E-state index in [1.165, 1.54) is 12.1 Å². The molecule has 0 bridgehead atoms. The Morgan fingerprint density at radius 1 is 1.26 bits per heavy atom. The van der Waals surface area contributed by atoms with Gasteiger partial charge < -0.3 is 18.6 Å². The van der Waals surface area contributed by atoms with Gasteiger partial charge in [0.1, 0.15) is 28.5 Å². The van der Waals surface area contributed by atoms with E-state index in [0.717, 1.165) is 23.3 Å². The van der Waals surface area contributed by atoms with Crippen LogP contribution in [0.1, 0.15) is 29.3 Å². The Kier molecular flexibility index (Phi) is 4.88. The van der Waals surface area contributed by atoms with Gasteiger partial charge in [-0.1, -0.05) is 0 Å². The van der Waals surface area contributed by atoms with Crippen LogP contribution in [0.2, 0.25) is 0 Å². The van der Waals surface area contributed by atoms with Crippen molar-refractivity contribution in [2.24, 2.45) is 0 Å². The molecule has 0 aliphatic carbocycles. The first-order valence-corrected chi connectivity index (χ1v) is 9.95. The number of carbonyl (C=O) groups is 1. The average Bonchev–Trinajstić information content (AvgIpc) is 3.47. The van der Waals surface area contributed by atoms with E-state index in [4.69, 9.17) is 23.5 Å². The number of fused-ring (bicyclic) bond motifs is 2. The van der Waals surface area contributed by atoms with Crippen molar-refractivity contribution in [3.05, 3.63) is 58.9 Å². The summed E-state index contributed by atoms with van der Waals surface area (Å²) in [6.45, 7) is 2.52. The monoisotopic (exact) mass is 425 g/mol. The highest BCUT2D eigenvalue weighted by Crippen LogP contribution is 2.42. The van der Waals surface area contributed by atoms with Gasteiger partial charge in [0, 0.05) is 22.1 Å². The van der Waals surface area contributed by atoms with Crippen molar-refractivity contribution in [1.29, 1.82) is 0 Å². The van der Waals surface area contributed by atoms with E-state index >= 15 is 0 Å². The predicted octanol–water partition coefficient (Wildman–Crippen LogP) is 4.42. The summed E-state index contributed by atoms with van der Waals surface area (Å²) in [5.41, 5.74) is 6.70. The van der Waals surface area contributed by atoms with Gasteiger partial charge in [-0.25, -0.2) is 14.0 Å². The lowest BCUT2D eigenvalue weighted by atomic mass is 10.0. The Balaban J connectivity index is 1.73. The van der Waals surface area contributed by atoms with E-state index in [-0.39, 0.29) is 18.0 Å². The van der Waals surface area contributed by atoms with Crippen LogP contribution in [0.5, 0.6) is 5.75 Å². The van der Waals surface area contributed by atoms with Gasteiger partial charge in [0.05, 0.1) is 26.0 Å². The Hall–Kier alpha value is -3.36. The second-order valence-electron chi connectivity index (χ2n) is 7.16. The summed E-state index contributed by atoms with van der Waals surface area (Å²) in [5, 5.41) is 0.544. The molecule has 2 aliphatic rings. The first kappa shape index (κ1) is 19.6. The lowest BCUT2D eigenvalue weighted by molar-refractivity contribution is -0.109. The molecule has 2 aliphatic heterocycles. The van der Waals surface area contributed by atoms with Gasteiger partial charge in [-0.2, -0.15) is 0 Å². The van der Waals surface area contributed by atoms with Gasteiger partial charge in [-0.05, 0) is 49.7 Å². The Morgan fingerprint density at radius 2 is 2.06 bits per heavy atom. The van der Waals surface area contributed by atoms with Crippen LogP contribution in [0.3, 0.4) is 0 Å². The number of halogens is 1.